The molecule has 0 N–H and O–H groups in total. The average Bonchev–Trinajstić information content (AvgIpc) is 2.65. The van der Waals surface area contributed by atoms with Crippen molar-refractivity contribution >= 4 is 17.2 Å². The maximum absolute atomic E-state index is 12.6. The Hall–Kier alpha value is -1.44. The first-order valence-corrected chi connectivity index (χ1v) is 6.65. The number of rotatable bonds is 1. The summed E-state index contributed by atoms with van der Waals surface area (Å²) in [6.07, 6.45) is 2.11. The summed E-state index contributed by atoms with van der Waals surface area (Å²) in [5, 5.41) is 0. The lowest BCUT2D eigenvalue weighted by molar-refractivity contribution is -0.123. The number of carbonyl (C=O) groups excluding carboxylic acids is 1. The molecule has 2 fully saturated rings. The lowest BCUT2D eigenvalue weighted by Crippen LogP contribution is -2.33. The van der Waals surface area contributed by atoms with E-state index in [4.69, 9.17) is 0 Å². The molecule has 0 saturated heterocycles. The first kappa shape index (κ1) is 11.6. The van der Waals surface area contributed by atoms with E-state index in [0.717, 1.165) is 24.2 Å². The van der Waals surface area contributed by atoms with Gasteiger partial charge in [-0.25, -0.2) is 4.99 Å². The lowest BCUT2D eigenvalue weighted by Gasteiger charge is -2.31. The van der Waals surface area contributed by atoms with Gasteiger partial charge in [0.15, 0.2) is 5.78 Å². The molecule has 0 spiro atoms. The quantitative estimate of drug-likeness (QED) is 0.735. The van der Waals surface area contributed by atoms with Gasteiger partial charge in [-0.15, -0.1) is 0 Å². The highest BCUT2D eigenvalue weighted by molar-refractivity contribution is 6.46. The molecule has 94 valence electrons. The van der Waals surface area contributed by atoms with Crippen LogP contribution in [0.15, 0.2) is 35.3 Å². The largest absolute Gasteiger partial charge is 0.292 e. The average molecular weight is 241 g/mol. The van der Waals surface area contributed by atoms with E-state index in [1.807, 2.05) is 30.3 Å². The second-order valence-corrected chi connectivity index (χ2v) is 6.31. The van der Waals surface area contributed by atoms with Crippen LogP contribution in [0.2, 0.25) is 0 Å². The van der Waals surface area contributed by atoms with Gasteiger partial charge in [-0.2, -0.15) is 0 Å². The zero-order chi connectivity index (χ0) is 13.0. The normalized spacial score (nSPS) is 35.4. The van der Waals surface area contributed by atoms with E-state index in [1.54, 1.807) is 0 Å². The first-order valence-electron chi connectivity index (χ1n) is 6.65. The minimum Gasteiger partial charge on any atom is -0.292 e. The van der Waals surface area contributed by atoms with Crippen LogP contribution in [0.3, 0.4) is 0 Å². The third-order valence-electron chi connectivity index (χ3n) is 5.30. The van der Waals surface area contributed by atoms with E-state index in [1.165, 1.54) is 0 Å². The Balaban J connectivity index is 2.07. The van der Waals surface area contributed by atoms with Gasteiger partial charge in [-0.1, -0.05) is 39.0 Å². The van der Waals surface area contributed by atoms with Crippen LogP contribution < -0.4 is 0 Å². The van der Waals surface area contributed by atoms with Crippen molar-refractivity contribution < 1.29 is 4.79 Å². The van der Waals surface area contributed by atoms with Gasteiger partial charge in [0.1, 0.15) is 0 Å². The number of fused-ring (bicyclic) bond motifs is 2. The molecule has 2 bridgehead atoms. The van der Waals surface area contributed by atoms with Crippen molar-refractivity contribution in [1.82, 2.24) is 0 Å². The third kappa shape index (κ3) is 1.29. The van der Waals surface area contributed by atoms with Crippen LogP contribution >= 0.6 is 0 Å². The second kappa shape index (κ2) is 3.53. The first-order chi connectivity index (χ1) is 8.47. The Kier molecular flexibility index (Phi) is 2.28. The van der Waals surface area contributed by atoms with Crippen molar-refractivity contribution in [3.05, 3.63) is 30.3 Å². The molecule has 2 nitrogen and oxygen atoms in total. The second-order valence-electron chi connectivity index (χ2n) is 6.31. The molecule has 2 atom stereocenters. The summed E-state index contributed by atoms with van der Waals surface area (Å²) in [5.41, 5.74) is 1.55. The maximum atomic E-state index is 12.6. The third-order valence-corrected chi connectivity index (χ3v) is 5.30. The van der Waals surface area contributed by atoms with Gasteiger partial charge < -0.3 is 0 Å². The molecule has 0 aliphatic heterocycles. The van der Waals surface area contributed by atoms with E-state index in [-0.39, 0.29) is 16.6 Å². The molecule has 2 aliphatic rings. The molecular formula is C16H19NO. The number of aliphatic imine (C=N–C) groups is 1. The van der Waals surface area contributed by atoms with Crippen LogP contribution in [0.25, 0.3) is 0 Å². The number of carbonyl (C=O) groups is 1. The maximum Gasteiger partial charge on any atom is 0.183 e. The standard InChI is InChI=1S/C16H19NO/c1-15(2)12-9-10-16(15,3)14(18)13(12)17-11-7-5-4-6-8-11/h4-8,12H,9-10H2,1-3H3/t12-,16-/m0/s1. The number of ketones is 1. The molecular weight excluding hydrogens is 222 g/mol. The van der Waals surface area contributed by atoms with Gasteiger partial charge in [0.05, 0.1) is 11.4 Å². The van der Waals surface area contributed by atoms with Crippen LogP contribution in [0, 0.1) is 16.7 Å². The topological polar surface area (TPSA) is 29.4 Å². The highest BCUT2D eigenvalue weighted by Gasteiger charge is 2.64. The lowest BCUT2D eigenvalue weighted by atomic mass is 9.70. The molecule has 1 aromatic carbocycles. The van der Waals surface area contributed by atoms with Gasteiger partial charge in [-0.05, 0) is 30.4 Å². The molecule has 0 unspecified atom stereocenters. The van der Waals surface area contributed by atoms with Gasteiger partial charge in [0.25, 0.3) is 0 Å². The number of nitrogens with zero attached hydrogens (tertiary/aromatic N) is 1. The van der Waals surface area contributed by atoms with E-state index < -0.39 is 0 Å². The summed E-state index contributed by atoms with van der Waals surface area (Å²) in [5.74, 6) is 0.600. The highest BCUT2D eigenvalue weighted by atomic mass is 16.1. The Bertz CT molecular complexity index is 529. The van der Waals surface area contributed by atoms with Crippen molar-refractivity contribution in [3.63, 3.8) is 0 Å². The van der Waals surface area contributed by atoms with Gasteiger partial charge in [0.2, 0.25) is 0 Å². The van der Waals surface area contributed by atoms with Crippen LogP contribution in [-0.4, -0.2) is 11.5 Å². The van der Waals surface area contributed by atoms with Gasteiger partial charge in [-0.3, -0.25) is 4.79 Å². The fourth-order valence-corrected chi connectivity index (χ4v) is 3.60. The van der Waals surface area contributed by atoms with Crippen LogP contribution in [-0.2, 0) is 4.79 Å². The number of para-hydroxylation sites is 1. The van der Waals surface area contributed by atoms with Crippen molar-refractivity contribution in [3.8, 4) is 0 Å². The number of Topliss-reactive ketones (excluding diaryl/α,β-unsaturated/α-hetero) is 1. The minimum absolute atomic E-state index is 0.0533. The molecule has 18 heavy (non-hydrogen) atoms. The number of benzene rings is 1. The summed E-state index contributed by atoms with van der Waals surface area (Å²) in [6.45, 7) is 6.55. The fraction of sp³-hybridized carbons (Fsp3) is 0.500. The Morgan fingerprint density at radius 3 is 2.39 bits per heavy atom. The van der Waals surface area contributed by atoms with Gasteiger partial charge >= 0.3 is 0 Å². The van der Waals surface area contributed by atoms with Crippen molar-refractivity contribution in [2.75, 3.05) is 0 Å². The van der Waals surface area contributed by atoms with Crippen LogP contribution in [0.5, 0.6) is 0 Å². The van der Waals surface area contributed by atoms with Gasteiger partial charge in [0, 0.05) is 11.3 Å². The van der Waals surface area contributed by atoms with E-state index in [9.17, 15) is 4.79 Å². The summed E-state index contributed by atoms with van der Waals surface area (Å²) < 4.78 is 0. The number of hydrogen-bond acceptors (Lipinski definition) is 2. The molecule has 0 radical (unpaired) electrons. The monoisotopic (exact) mass is 241 g/mol. The zero-order valence-electron chi connectivity index (χ0n) is 11.2. The molecule has 3 rings (SSSR count). The summed E-state index contributed by atoms with van der Waals surface area (Å²) in [6, 6.07) is 9.81. The predicted molar refractivity (Wildman–Crippen MR) is 73.2 cm³/mol. The Morgan fingerprint density at radius 2 is 1.83 bits per heavy atom. The predicted octanol–water partition coefficient (Wildman–Crippen LogP) is 3.78. The van der Waals surface area contributed by atoms with Crippen LogP contribution in [0.4, 0.5) is 5.69 Å². The molecule has 2 saturated carbocycles. The molecule has 2 heteroatoms. The smallest absolute Gasteiger partial charge is 0.183 e. The molecule has 0 aromatic heterocycles. The minimum atomic E-state index is -0.203. The highest BCUT2D eigenvalue weighted by Crippen LogP contribution is 2.62. The van der Waals surface area contributed by atoms with E-state index in [0.29, 0.717) is 5.92 Å². The van der Waals surface area contributed by atoms with E-state index in [2.05, 4.69) is 25.8 Å². The van der Waals surface area contributed by atoms with Crippen molar-refractivity contribution in [1.29, 1.82) is 0 Å². The molecule has 2 aliphatic carbocycles. The Morgan fingerprint density at radius 1 is 1.17 bits per heavy atom. The summed E-state index contributed by atoms with van der Waals surface area (Å²) >= 11 is 0. The molecule has 0 heterocycles. The summed E-state index contributed by atoms with van der Waals surface area (Å²) in [7, 11) is 0. The SMILES string of the molecule is CC1(C)[C@H]2CC[C@@]1(C)C(=O)C2=Nc1ccccc1. The number of hydrogen-bond donors (Lipinski definition) is 0. The van der Waals surface area contributed by atoms with E-state index >= 15 is 0 Å². The molecule has 0 amide bonds. The molecule has 1 aromatic rings. The zero-order valence-corrected chi connectivity index (χ0v) is 11.2. The fourth-order valence-electron chi connectivity index (χ4n) is 3.60. The van der Waals surface area contributed by atoms with Crippen molar-refractivity contribution in [2.24, 2.45) is 21.7 Å². The Labute approximate surface area is 108 Å². The summed E-state index contributed by atoms with van der Waals surface area (Å²) in [4.78, 5) is 17.2. The van der Waals surface area contributed by atoms with Crippen molar-refractivity contribution in [2.45, 2.75) is 33.6 Å². The van der Waals surface area contributed by atoms with Crippen LogP contribution in [0.1, 0.15) is 33.6 Å².